The molecule has 0 aliphatic carbocycles. The van der Waals surface area contributed by atoms with Gasteiger partial charge in [0, 0.05) is 12.4 Å². The summed E-state index contributed by atoms with van der Waals surface area (Å²) in [6, 6.07) is 2.02. The summed E-state index contributed by atoms with van der Waals surface area (Å²) in [7, 11) is 0. The molecule has 90 valence electrons. The normalized spacial score (nSPS) is 12.7. The van der Waals surface area contributed by atoms with E-state index in [4.69, 9.17) is 11.6 Å². The number of aromatic nitrogens is 1. The number of rotatable bonds is 7. The second kappa shape index (κ2) is 7.64. The zero-order valence-corrected chi connectivity index (χ0v) is 10.9. The lowest BCUT2D eigenvalue weighted by Gasteiger charge is -2.17. The van der Waals surface area contributed by atoms with E-state index < -0.39 is 0 Å². The molecular weight excluding hydrogens is 220 g/mol. The Bertz CT molecular complexity index is 302. The average molecular weight is 241 g/mol. The zero-order chi connectivity index (χ0) is 11.8. The molecule has 16 heavy (non-hydrogen) atoms. The van der Waals surface area contributed by atoms with Crippen LogP contribution in [-0.2, 0) is 6.42 Å². The number of nitrogens with one attached hydrogen (secondary N) is 1. The van der Waals surface area contributed by atoms with Gasteiger partial charge in [0.2, 0.25) is 0 Å². The molecule has 0 fully saturated rings. The van der Waals surface area contributed by atoms with Gasteiger partial charge in [-0.1, -0.05) is 31.9 Å². The number of pyridine rings is 1. The van der Waals surface area contributed by atoms with Crippen LogP contribution in [0.1, 0.15) is 32.3 Å². The topological polar surface area (TPSA) is 24.9 Å². The van der Waals surface area contributed by atoms with Crippen LogP contribution in [0.15, 0.2) is 18.5 Å². The van der Waals surface area contributed by atoms with Crippen LogP contribution in [0.2, 0.25) is 5.02 Å². The fraction of sp³-hybridized carbons (Fsp3) is 0.615. The second-order valence-electron chi connectivity index (χ2n) is 4.13. The Kier molecular flexibility index (Phi) is 6.43. The molecule has 0 saturated carbocycles. The van der Waals surface area contributed by atoms with Crippen LogP contribution in [-0.4, -0.2) is 18.1 Å². The van der Waals surface area contributed by atoms with Gasteiger partial charge in [0.05, 0.1) is 5.02 Å². The summed E-state index contributed by atoms with van der Waals surface area (Å²) in [6.45, 7) is 6.48. The fourth-order valence-electron chi connectivity index (χ4n) is 1.91. The van der Waals surface area contributed by atoms with Gasteiger partial charge in [0.15, 0.2) is 0 Å². The lowest BCUT2D eigenvalue weighted by molar-refractivity contribution is 0.444. The van der Waals surface area contributed by atoms with Gasteiger partial charge in [-0.25, -0.2) is 0 Å². The summed E-state index contributed by atoms with van der Waals surface area (Å²) in [5, 5.41) is 4.21. The third-order valence-electron chi connectivity index (χ3n) is 2.74. The average Bonchev–Trinajstić information content (AvgIpc) is 2.29. The Balaban J connectivity index is 2.56. The summed E-state index contributed by atoms with van der Waals surface area (Å²) in [6.07, 6.45) is 7.05. The summed E-state index contributed by atoms with van der Waals surface area (Å²) in [5.41, 5.74) is 1.22. The van der Waals surface area contributed by atoms with E-state index in [1.807, 2.05) is 12.3 Å². The maximum absolute atomic E-state index is 6.12. The third-order valence-corrected chi connectivity index (χ3v) is 3.09. The molecule has 1 rings (SSSR count). The predicted octanol–water partition coefficient (Wildman–Crippen LogP) is 3.30. The molecule has 0 bridgehead atoms. The third kappa shape index (κ3) is 4.50. The van der Waals surface area contributed by atoms with Crippen molar-refractivity contribution >= 4 is 11.6 Å². The molecule has 0 radical (unpaired) electrons. The van der Waals surface area contributed by atoms with Gasteiger partial charge in [-0.15, -0.1) is 0 Å². The van der Waals surface area contributed by atoms with Crippen molar-refractivity contribution in [2.45, 2.75) is 33.1 Å². The van der Waals surface area contributed by atoms with Gasteiger partial charge in [-0.2, -0.15) is 0 Å². The van der Waals surface area contributed by atoms with Crippen molar-refractivity contribution < 1.29 is 0 Å². The van der Waals surface area contributed by atoms with E-state index in [1.54, 1.807) is 6.20 Å². The van der Waals surface area contributed by atoms with Crippen molar-refractivity contribution in [3.05, 3.63) is 29.0 Å². The molecule has 0 aliphatic rings. The van der Waals surface area contributed by atoms with Gasteiger partial charge in [0.25, 0.3) is 0 Å². The van der Waals surface area contributed by atoms with Crippen molar-refractivity contribution in [3.8, 4) is 0 Å². The van der Waals surface area contributed by atoms with E-state index in [0.29, 0.717) is 5.92 Å². The molecule has 0 aliphatic heterocycles. The summed E-state index contributed by atoms with van der Waals surface area (Å²) in [4.78, 5) is 4.01. The molecule has 1 aromatic rings. The summed E-state index contributed by atoms with van der Waals surface area (Å²) < 4.78 is 0. The van der Waals surface area contributed by atoms with Gasteiger partial charge in [0.1, 0.15) is 0 Å². The van der Waals surface area contributed by atoms with E-state index >= 15 is 0 Å². The fourth-order valence-corrected chi connectivity index (χ4v) is 2.11. The van der Waals surface area contributed by atoms with Crippen molar-refractivity contribution in [2.75, 3.05) is 13.1 Å². The first kappa shape index (κ1) is 13.5. The monoisotopic (exact) mass is 240 g/mol. The first-order valence-corrected chi connectivity index (χ1v) is 6.44. The Morgan fingerprint density at radius 3 is 2.88 bits per heavy atom. The number of halogens is 1. The minimum Gasteiger partial charge on any atom is -0.317 e. The molecule has 1 unspecified atom stereocenters. The smallest absolute Gasteiger partial charge is 0.0621 e. The Labute approximate surface area is 103 Å². The Hall–Kier alpha value is -0.600. The van der Waals surface area contributed by atoms with Crippen molar-refractivity contribution in [1.82, 2.24) is 10.3 Å². The van der Waals surface area contributed by atoms with Crippen molar-refractivity contribution in [2.24, 2.45) is 5.92 Å². The molecule has 0 aromatic carbocycles. The van der Waals surface area contributed by atoms with Gasteiger partial charge in [-0.3, -0.25) is 4.98 Å². The molecule has 1 atom stereocenters. The van der Waals surface area contributed by atoms with Crippen LogP contribution in [0.4, 0.5) is 0 Å². The molecule has 0 spiro atoms. The molecule has 0 saturated heterocycles. The molecule has 2 nitrogen and oxygen atoms in total. The van der Waals surface area contributed by atoms with Crippen LogP contribution in [0.3, 0.4) is 0 Å². The molecule has 3 heteroatoms. The molecule has 1 N–H and O–H groups in total. The van der Waals surface area contributed by atoms with E-state index in [0.717, 1.165) is 24.5 Å². The zero-order valence-electron chi connectivity index (χ0n) is 10.2. The summed E-state index contributed by atoms with van der Waals surface area (Å²) >= 11 is 6.12. The van der Waals surface area contributed by atoms with Crippen LogP contribution in [0.5, 0.6) is 0 Å². The first-order valence-electron chi connectivity index (χ1n) is 6.07. The van der Waals surface area contributed by atoms with Crippen LogP contribution in [0, 0.1) is 5.92 Å². The van der Waals surface area contributed by atoms with E-state index in [2.05, 4.69) is 24.1 Å². The van der Waals surface area contributed by atoms with Crippen molar-refractivity contribution in [1.29, 1.82) is 0 Å². The molecule has 0 amide bonds. The quantitative estimate of drug-likeness (QED) is 0.791. The van der Waals surface area contributed by atoms with Gasteiger partial charge in [-0.05, 0) is 43.5 Å². The maximum Gasteiger partial charge on any atom is 0.0621 e. The van der Waals surface area contributed by atoms with Crippen LogP contribution in [0.25, 0.3) is 0 Å². The minimum absolute atomic E-state index is 0.671. The van der Waals surface area contributed by atoms with E-state index in [1.165, 1.54) is 18.4 Å². The maximum atomic E-state index is 6.12. The molecule has 1 aromatic heterocycles. The van der Waals surface area contributed by atoms with Gasteiger partial charge < -0.3 is 5.32 Å². The highest BCUT2D eigenvalue weighted by atomic mass is 35.5. The summed E-state index contributed by atoms with van der Waals surface area (Å²) in [5.74, 6) is 0.671. The number of nitrogens with zero attached hydrogens (tertiary/aromatic N) is 1. The standard InChI is InChI=1S/C13H21ClN2/c1-3-5-11(9-15-4-2)8-12-6-7-16-10-13(12)14/h6-7,10-11,15H,3-5,8-9H2,1-2H3. The molecular formula is C13H21ClN2. The van der Waals surface area contributed by atoms with Crippen molar-refractivity contribution in [3.63, 3.8) is 0 Å². The van der Waals surface area contributed by atoms with Crippen LogP contribution < -0.4 is 5.32 Å². The number of hydrogen-bond donors (Lipinski definition) is 1. The molecule has 1 heterocycles. The SMILES string of the molecule is CCCC(CNCC)Cc1ccncc1Cl. The lowest BCUT2D eigenvalue weighted by atomic mass is 9.95. The van der Waals surface area contributed by atoms with E-state index in [9.17, 15) is 0 Å². The Morgan fingerprint density at radius 1 is 1.44 bits per heavy atom. The predicted molar refractivity (Wildman–Crippen MR) is 69.9 cm³/mol. The lowest BCUT2D eigenvalue weighted by Crippen LogP contribution is -2.24. The highest BCUT2D eigenvalue weighted by molar-refractivity contribution is 6.31. The second-order valence-corrected chi connectivity index (χ2v) is 4.54. The Morgan fingerprint density at radius 2 is 2.25 bits per heavy atom. The highest BCUT2D eigenvalue weighted by Gasteiger charge is 2.10. The highest BCUT2D eigenvalue weighted by Crippen LogP contribution is 2.19. The first-order chi connectivity index (χ1) is 7.77. The van der Waals surface area contributed by atoms with Gasteiger partial charge >= 0.3 is 0 Å². The van der Waals surface area contributed by atoms with E-state index in [-0.39, 0.29) is 0 Å². The minimum atomic E-state index is 0.671. The van der Waals surface area contributed by atoms with Crippen LogP contribution >= 0.6 is 11.6 Å². The largest absolute Gasteiger partial charge is 0.317 e. The number of hydrogen-bond acceptors (Lipinski definition) is 2.